The lowest BCUT2D eigenvalue weighted by Crippen LogP contribution is -2.40. The van der Waals surface area contributed by atoms with Crippen molar-refractivity contribution in [2.45, 2.75) is 26.8 Å². The van der Waals surface area contributed by atoms with Crippen LogP contribution < -0.4 is 5.32 Å². The second-order valence-corrected chi connectivity index (χ2v) is 4.06. The van der Waals surface area contributed by atoms with Crippen LogP contribution in [0.3, 0.4) is 0 Å². The molecule has 0 saturated carbocycles. The monoisotopic (exact) mass is 166 g/mol. The molecule has 0 spiro atoms. The van der Waals surface area contributed by atoms with Gasteiger partial charge < -0.3 is 5.32 Å². The first-order valence-corrected chi connectivity index (χ1v) is 3.94. The van der Waals surface area contributed by atoms with Crippen LogP contribution in [0.1, 0.15) is 20.8 Å². The highest BCUT2D eigenvalue weighted by Crippen LogP contribution is 2.27. The molecule has 1 atom stereocenters. The molecular weight excluding hydrogens is 152 g/mol. The average molecular weight is 166 g/mol. The standard InChI is InChI=1S/C9H14N2O/c1-6-8(9(2,3)4)10-5-7(12)11-6/h5,8H,1H2,2-4H3,(H,11,12). The topological polar surface area (TPSA) is 41.5 Å². The summed E-state index contributed by atoms with van der Waals surface area (Å²) in [7, 11) is 0. The molecule has 0 radical (unpaired) electrons. The molecule has 0 aromatic heterocycles. The zero-order valence-electron chi connectivity index (χ0n) is 7.72. The Morgan fingerprint density at radius 2 is 2.17 bits per heavy atom. The minimum Gasteiger partial charge on any atom is -0.323 e. The highest BCUT2D eigenvalue weighted by molar-refractivity contribution is 6.27. The first-order valence-electron chi connectivity index (χ1n) is 3.94. The molecule has 1 N–H and O–H groups in total. The van der Waals surface area contributed by atoms with Gasteiger partial charge in [-0.05, 0) is 5.41 Å². The molecule has 66 valence electrons. The summed E-state index contributed by atoms with van der Waals surface area (Å²) in [6.07, 6.45) is 1.32. The number of nitrogens with one attached hydrogen (secondary N) is 1. The van der Waals surface area contributed by atoms with Crippen LogP contribution in [0.15, 0.2) is 17.3 Å². The minimum absolute atomic E-state index is 0.00444. The maximum Gasteiger partial charge on any atom is 0.266 e. The normalized spacial score (nSPS) is 24.1. The summed E-state index contributed by atoms with van der Waals surface area (Å²) in [4.78, 5) is 15.0. The number of aliphatic imine (C=N–C) groups is 1. The molecular formula is C9H14N2O. The van der Waals surface area contributed by atoms with Crippen LogP contribution in [0.4, 0.5) is 0 Å². The third-order valence-electron chi connectivity index (χ3n) is 1.77. The van der Waals surface area contributed by atoms with Crippen LogP contribution in [-0.4, -0.2) is 18.2 Å². The fourth-order valence-corrected chi connectivity index (χ4v) is 1.24. The third-order valence-corrected chi connectivity index (χ3v) is 1.77. The molecule has 0 bridgehead atoms. The van der Waals surface area contributed by atoms with Gasteiger partial charge in [-0.25, -0.2) is 0 Å². The van der Waals surface area contributed by atoms with Crippen LogP contribution in [0.2, 0.25) is 0 Å². The Balaban J connectivity index is 2.87. The molecule has 12 heavy (non-hydrogen) atoms. The van der Waals surface area contributed by atoms with E-state index < -0.39 is 0 Å². The molecule has 0 aliphatic carbocycles. The molecule has 3 heteroatoms. The number of nitrogens with zero attached hydrogens (tertiary/aromatic N) is 1. The summed E-state index contributed by atoms with van der Waals surface area (Å²) < 4.78 is 0. The maximum atomic E-state index is 10.8. The van der Waals surface area contributed by atoms with Crippen LogP contribution >= 0.6 is 0 Å². The van der Waals surface area contributed by atoms with E-state index in [-0.39, 0.29) is 17.4 Å². The van der Waals surface area contributed by atoms with Gasteiger partial charge in [0, 0.05) is 5.70 Å². The first kappa shape index (κ1) is 8.97. The lowest BCUT2D eigenvalue weighted by molar-refractivity contribution is -0.114. The fraction of sp³-hybridized carbons (Fsp3) is 0.556. The van der Waals surface area contributed by atoms with Crippen LogP contribution in [-0.2, 0) is 4.79 Å². The van der Waals surface area contributed by atoms with Crippen molar-refractivity contribution in [1.29, 1.82) is 0 Å². The Hall–Kier alpha value is -1.12. The van der Waals surface area contributed by atoms with Crippen molar-refractivity contribution >= 4 is 12.1 Å². The lowest BCUT2D eigenvalue weighted by atomic mass is 9.85. The van der Waals surface area contributed by atoms with Crippen molar-refractivity contribution in [3.63, 3.8) is 0 Å². The van der Waals surface area contributed by atoms with Gasteiger partial charge in [0.15, 0.2) is 0 Å². The molecule has 1 amide bonds. The first-order chi connectivity index (χ1) is 5.41. The molecule has 0 aromatic carbocycles. The smallest absolute Gasteiger partial charge is 0.266 e. The maximum absolute atomic E-state index is 10.8. The van der Waals surface area contributed by atoms with Crippen molar-refractivity contribution in [3.8, 4) is 0 Å². The molecule has 0 saturated heterocycles. The van der Waals surface area contributed by atoms with Gasteiger partial charge in [-0.3, -0.25) is 9.79 Å². The molecule has 1 aliphatic heterocycles. The second kappa shape index (κ2) is 2.73. The van der Waals surface area contributed by atoms with Gasteiger partial charge in [0.1, 0.15) is 0 Å². The van der Waals surface area contributed by atoms with E-state index in [4.69, 9.17) is 0 Å². The zero-order chi connectivity index (χ0) is 9.35. The summed E-state index contributed by atoms with van der Waals surface area (Å²) in [5.41, 5.74) is 0.705. The average Bonchev–Trinajstić information content (AvgIpc) is 1.83. The van der Waals surface area contributed by atoms with E-state index in [0.29, 0.717) is 5.70 Å². The molecule has 1 aliphatic rings. The van der Waals surface area contributed by atoms with Crippen molar-refractivity contribution < 1.29 is 4.79 Å². The Labute approximate surface area is 72.6 Å². The summed E-state index contributed by atoms with van der Waals surface area (Å²) in [6.45, 7) is 9.97. The molecule has 1 rings (SSSR count). The summed E-state index contributed by atoms with van der Waals surface area (Å²) >= 11 is 0. The van der Waals surface area contributed by atoms with Crippen LogP contribution in [0, 0.1) is 5.41 Å². The zero-order valence-corrected chi connectivity index (χ0v) is 7.72. The van der Waals surface area contributed by atoms with Gasteiger partial charge in [-0.1, -0.05) is 27.4 Å². The quantitative estimate of drug-likeness (QED) is 0.575. The molecule has 1 unspecified atom stereocenters. The van der Waals surface area contributed by atoms with Gasteiger partial charge in [-0.15, -0.1) is 0 Å². The van der Waals surface area contributed by atoms with Crippen LogP contribution in [0.25, 0.3) is 0 Å². The van der Waals surface area contributed by atoms with E-state index in [1.54, 1.807) is 0 Å². The molecule has 1 heterocycles. The lowest BCUT2D eigenvalue weighted by Gasteiger charge is -2.30. The number of amides is 1. The Kier molecular flexibility index (Phi) is 2.04. The van der Waals surface area contributed by atoms with Gasteiger partial charge >= 0.3 is 0 Å². The molecule has 0 fully saturated rings. The number of rotatable bonds is 0. The highest BCUT2D eigenvalue weighted by Gasteiger charge is 2.29. The van der Waals surface area contributed by atoms with E-state index in [0.717, 1.165) is 0 Å². The Bertz CT molecular complexity index is 248. The number of hydrogen-bond donors (Lipinski definition) is 1. The number of hydrogen-bond acceptors (Lipinski definition) is 2. The van der Waals surface area contributed by atoms with Gasteiger partial charge in [-0.2, -0.15) is 0 Å². The molecule has 0 aromatic rings. The summed E-state index contributed by atoms with van der Waals surface area (Å²) in [6, 6.07) is -0.00444. The molecule has 3 nitrogen and oxygen atoms in total. The Morgan fingerprint density at radius 3 is 2.58 bits per heavy atom. The highest BCUT2D eigenvalue weighted by atomic mass is 16.1. The predicted octanol–water partition coefficient (Wildman–Crippen LogP) is 1.12. The van der Waals surface area contributed by atoms with Gasteiger partial charge in [0.25, 0.3) is 5.91 Å². The van der Waals surface area contributed by atoms with E-state index in [1.807, 2.05) is 0 Å². The summed E-state index contributed by atoms with van der Waals surface area (Å²) in [5.74, 6) is -0.180. The van der Waals surface area contributed by atoms with E-state index in [2.05, 4.69) is 37.7 Å². The van der Waals surface area contributed by atoms with E-state index >= 15 is 0 Å². The second-order valence-electron chi connectivity index (χ2n) is 4.06. The SMILES string of the molecule is C=C1NC(=O)C=NC1C(C)(C)C. The van der Waals surface area contributed by atoms with Crippen molar-refractivity contribution in [2.75, 3.05) is 0 Å². The minimum atomic E-state index is -0.180. The largest absolute Gasteiger partial charge is 0.323 e. The fourth-order valence-electron chi connectivity index (χ4n) is 1.24. The van der Waals surface area contributed by atoms with Crippen molar-refractivity contribution in [1.82, 2.24) is 5.32 Å². The van der Waals surface area contributed by atoms with Crippen molar-refractivity contribution in [2.24, 2.45) is 10.4 Å². The predicted molar refractivity (Wildman–Crippen MR) is 49.0 cm³/mol. The number of carbonyl (C=O) groups is 1. The van der Waals surface area contributed by atoms with Crippen LogP contribution in [0.5, 0.6) is 0 Å². The van der Waals surface area contributed by atoms with Gasteiger partial charge in [0.05, 0.1) is 12.3 Å². The van der Waals surface area contributed by atoms with E-state index in [1.165, 1.54) is 6.21 Å². The Morgan fingerprint density at radius 1 is 1.58 bits per heavy atom. The van der Waals surface area contributed by atoms with E-state index in [9.17, 15) is 4.79 Å². The van der Waals surface area contributed by atoms with Crippen molar-refractivity contribution in [3.05, 3.63) is 12.3 Å². The number of carbonyl (C=O) groups excluding carboxylic acids is 1. The van der Waals surface area contributed by atoms with Gasteiger partial charge in [0.2, 0.25) is 0 Å². The third kappa shape index (κ3) is 1.72. The summed E-state index contributed by atoms with van der Waals surface area (Å²) in [5, 5.41) is 2.65.